The average Bonchev–Trinajstić information content (AvgIpc) is 1.96. The van der Waals surface area contributed by atoms with Crippen LogP contribution in [0.25, 0.3) is 0 Å². The molecule has 0 aliphatic carbocycles. The second kappa shape index (κ2) is 7.03. The highest BCUT2D eigenvalue weighted by atomic mass is 16.5. The summed E-state index contributed by atoms with van der Waals surface area (Å²) >= 11 is 0. The average molecular weight is 156 g/mol. The first-order valence-electron chi connectivity index (χ1n) is 3.48. The number of nitriles is 1. The molecule has 0 unspecified atom stereocenters. The Balaban J connectivity index is 2.92. The normalized spacial score (nSPS) is 8.73. The number of nitrogens with one attached hydrogen (secondary N) is 1. The van der Waals surface area contributed by atoms with Crippen LogP contribution in [-0.4, -0.2) is 25.7 Å². The van der Waals surface area contributed by atoms with Crippen LogP contribution < -0.4 is 5.32 Å². The topological polar surface area (TPSA) is 62.1 Å². The summed E-state index contributed by atoms with van der Waals surface area (Å²) in [6.45, 7) is 3.01. The molecule has 62 valence electrons. The van der Waals surface area contributed by atoms with Gasteiger partial charge in [-0.05, 0) is 0 Å². The van der Waals surface area contributed by atoms with Crippen LogP contribution in [0.4, 0.5) is 0 Å². The SMILES string of the molecule is CC(=O)OCCNCCC#N. The predicted octanol–water partition coefficient (Wildman–Crippen LogP) is 0.0528. The minimum absolute atomic E-state index is 0.271. The molecule has 0 bridgehead atoms. The van der Waals surface area contributed by atoms with Crippen LogP contribution >= 0.6 is 0 Å². The molecule has 0 aromatic rings. The fraction of sp³-hybridized carbons (Fsp3) is 0.714. The first kappa shape index (κ1) is 9.92. The van der Waals surface area contributed by atoms with Crippen LogP contribution in [0.3, 0.4) is 0 Å². The molecule has 0 saturated heterocycles. The number of carbonyl (C=O) groups excluding carboxylic acids is 1. The van der Waals surface area contributed by atoms with Crippen molar-refractivity contribution >= 4 is 5.97 Å². The maximum absolute atomic E-state index is 10.2. The molecule has 0 aromatic carbocycles. The zero-order valence-electron chi connectivity index (χ0n) is 6.59. The molecule has 11 heavy (non-hydrogen) atoms. The minimum Gasteiger partial charge on any atom is -0.465 e. The van der Waals surface area contributed by atoms with E-state index >= 15 is 0 Å². The quantitative estimate of drug-likeness (QED) is 0.451. The van der Waals surface area contributed by atoms with E-state index in [1.807, 2.05) is 6.07 Å². The molecule has 0 fully saturated rings. The second-order valence-electron chi connectivity index (χ2n) is 2.00. The van der Waals surface area contributed by atoms with Gasteiger partial charge in [-0.2, -0.15) is 5.26 Å². The van der Waals surface area contributed by atoms with Crippen molar-refractivity contribution in [2.75, 3.05) is 19.7 Å². The molecule has 0 amide bonds. The molecule has 4 heteroatoms. The Labute approximate surface area is 66.1 Å². The molecule has 0 heterocycles. The highest BCUT2D eigenvalue weighted by Crippen LogP contribution is 1.74. The largest absolute Gasteiger partial charge is 0.465 e. The lowest BCUT2D eigenvalue weighted by atomic mass is 10.4. The van der Waals surface area contributed by atoms with Crippen molar-refractivity contribution in [2.24, 2.45) is 0 Å². The van der Waals surface area contributed by atoms with Crippen molar-refractivity contribution in [3.05, 3.63) is 0 Å². The maximum Gasteiger partial charge on any atom is 0.302 e. The number of carbonyl (C=O) groups is 1. The third kappa shape index (κ3) is 8.92. The van der Waals surface area contributed by atoms with Gasteiger partial charge in [-0.25, -0.2) is 0 Å². The van der Waals surface area contributed by atoms with E-state index in [4.69, 9.17) is 5.26 Å². The Morgan fingerprint density at radius 1 is 1.64 bits per heavy atom. The summed E-state index contributed by atoms with van der Waals surface area (Å²) in [7, 11) is 0. The summed E-state index contributed by atoms with van der Waals surface area (Å²) in [6, 6.07) is 2.00. The summed E-state index contributed by atoms with van der Waals surface area (Å²) in [4.78, 5) is 10.2. The standard InChI is InChI=1S/C7H12N2O2/c1-7(10)11-6-5-9-4-2-3-8/h9H,2,4-6H2,1H3. The number of esters is 1. The molecule has 0 aliphatic rings. The summed E-state index contributed by atoms with van der Waals surface area (Å²) in [6.07, 6.45) is 0.486. The molecule has 0 spiro atoms. The van der Waals surface area contributed by atoms with E-state index in [1.165, 1.54) is 6.92 Å². The van der Waals surface area contributed by atoms with E-state index in [9.17, 15) is 4.79 Å². The van der Waals surface area contributed by atoms with E-state index in [0.717, 1.165) is 0 Å². The zero-order chi connectivity index (χ0) is 8.53. The zero-order valence-corrected chi connectivity index (χ0v) is 6.59. The Kier molecular flexibility index (Phi) is 6.34. The summed E-state index contributed by atoms with van der Waals surface area (Å²) in [5.74, 6) is -0.271. The van der Waals surface area contributed by atoms with Gasteiger partial charge >= 0.3 is 5.97 Å². The summed E-state index contributed by atoms with van der Waals surface area (Å²) in [5, 5.41) is 11.1. The molecular formula is C7H12N2O2. The van der Waals surface area contributed by atoms with Crippen LogP contribution in [0.5, 0.6) is 0 Å². The first-order valence-corrected chi connectivity index (χ1v) is 3.48. The van der Waals surface area contributed by atoms with Crippen molar-refractivity contribution in [1.29, 1.82) is 5.26 Å². The maximum atomic E-state index is 10.2. The van der Waals surface area contributed by atoms with Gasteiger partial charge in [0, 0.05) is 26.4 Å². The molecular weight excluding hydrogens is 144 g/mol. The summed E-state index contributed by atoms with van der Waals surface area (Å²) < 4.78 is 4.64. The number of hydrogen-bond acceptors (Lipinski definition) is 4. The lowest BCUT2D eigenvalue weighted by molar-refractivity contribution is -0.140. The van der Waals surface area contributed by atoms with Crippen LogP contribution in [0.1, 0.15) is 13.3 Å². The first-order chi connectivity index (χ1) is 5.27. The van der Waals surface area contributed by atoms with Gasteiger partial charge in [0.1, 0.15) is 6.61 Å². The van der Waals surface area contributed by atoms with Gasteiger partial charge in [-0.1, -0.05) is 0 Å². The second-order valence-corrected chi connectivity index (χ2v) is 2.00. The van der Waals surface area contributed by atoms with Crippen molar-refractivity contribution in [3.8, 4) is 6.07 Å². The lowest BCUT2D eigenvalue weighted by Crippen LogP contribution is -2.21. The van der Waals surface area contributed by atoms with E-state index in [0.29, 0.717) is 26.1 Å². The third-order valence-corrected chi connectivity index (χ3v) is 0.998. The van der Waals surface area contributed by atoms with Gasteiger partial charge in [0.25, 0.3) is 0 Å². The molecule has 4 nitrogen and oxygen atoms in total. The number of hydrogen-bond donors (Lipinski definition) is 1. The van der Waals surface area contributed by atoms with Crippen molar-refractivity contribution < 1.29 is 9.53 Å². The molecule has 0 aromatic heterocycles. The third-order valence-electron chi connectivity index (χ3n) is 0.998. The smallest absolute Gasteiger partial charge is 0.302 e. The van der Waals surface area contributed by atoms with Crippen molar-refractivity contribution in [3.63, 3.8) is 0 Å². The van der Waals surface area contributed by atoms with E-state index in [1.54, 1.807) is 0 Å². The molecule has 1 N–H and O–H groups in total. The monoisotopic (exact) mass is 156 g/mol. The minimum atomic E-state index is -0.271. The number of ether oxygens (including phenoxy) is 1. The predicted molar refractivity (Wildman–Crippen MR) is 39.7 cm³/mol. The van der Waals surface area contributed by atoms with Gasteiger partial charge in [0.2, 0.25) is 0 Å². The molecule has 0 atom stereocenters. The van der Waals surface area contributed by atoms with Crippen LogP contribution in [0.15, 0.2) is 0 Å². The Hall–Kier alpha value is -1.08. The fourth-order valence-electron chi connectivity index (χ4n) is 0.536. The van der Waals surface area contributed by atoms with E-state index in [-0.39, 0.29) is 5.97 Å². The highest BCUT2D eigenvalue weighted by molar-refractivity contribution is 5.65. The Bertz CT molecular complexity index is 151. The number of nitrogens with zero attached hydrogens (tertiary/aromatic N) is 1. The van der Waals surface area contributed by atoms with Gasteiger partial charge < -0.3 is 10.1 Å². The Morgan fingerprint density at radius 2 is 2.36 bits per heavy atom. The van der Waals surface area contributed by atoms with Crippen LogP contribution in [0, 0.1) is 11.3 Å². The van der Waals surface area contributed by atoms with E-state index in [2.05, 4.69) is 10.1 Å². The van der Waals surface area contributed by atoms with Gasteiger partial charge in [-0.3, -0.25) is 4.79 Å². The van der Waals surface area contributed by atoms with Crippen LogP contribution in [-0.2, 0) is 9.53 Å². The van der Waals surface area contributed by atoms with Crippen molar-refractivity contribution in [1.82, 2.24) is 5.32 Å². The molecule has 0 rings (SSSR count). The highest BCUT2D eigenvalue weighted by Gasteiger charge is 1.90. The Morgan fingerprint density at radius 3 is 2.91 bits per heavy atom. The van der Waals surface area contributed by atoms with Gasteiger partial charge in [0.15, 0.2) is 0 Å². The van der Waals surface area contributed by atoms with Gasteiger partial charge in [0.05, 0.1) is 6.07 Å². The van der Waals surface area contributed by atoms with Gasteiger partial charge in [-0.15, -0.1) is 0 Å². The van der Waals surface area contributed by atoms with Crippen LogP contribution in [0.2, 0.25) is 0 Å². The van der Waals surface area contributed by atoms with Crippen molar-refractivity contribution in [2.45, 2.75) is 13.3 Å². The molecule has 0 saturated carbocycles. The number of rotatable bonds is 5. The molecule has 0 radical (unpaired) electrons. The summed E-state index contributed by atoms with van der Waals surface area (Å²) in [5.41, 5.74) is 0. The lowest BCUT2D eigenvalue weighted by Gasteiger charge is -2.01. The molecule has 0 aliphatic heterocycles. The van der Waals surface area contributed by atoms with E-state index < -0.39 is 0 Å². The fourth-order valence-corrected chi connectivity index (χ4v) is 0.536.